The maximum atomic E-state index is 11.5. The number of methoxy groups -OCH3 is 1. The maximum Gasteiger partial charge on any atom is 0.217 e. The first kappa shape index (κ1) is 18.6. The summed E-state index contributed by atoms with van der Waals surface area (Å²) in [5, 5.41) is 3.92. The predicted molar refractivity (Wildman–Crippen MR) is 98.3 cm³/mol. The summed E-state index contributed by atoms with van der Waals surface area (Å²) < 4.78 is 5.65. The zero-order valence-corrected chi connectivity index (χ0v) is 16.1. The van der Waals surface area contributed by atoms with Crippen molar-refractivity contribution in [3.63, 3.8) is 0 Å². The van der Waals surface area contributed by atoms with Crippen LogP contribution in [0.3, 0.4) is 0 Å². The van der Waals surface area contributed by atoms with Crippen LogP contribution in [0.15, 0.2) is 17.6 Å². The van der Waals surface area contributed by atoms with Crippen molar-refractivity contribution in [3.8, 4) is 0 Å². The highest BCUT2D eigenvalue weighted by Crippen LogP contribution is 2.38. The molecule has 1 aliphatic carbocycles. The van der Waals surface area contributed by atoms with Crippen LogP contribution in [0.2, 0.25) is 0 Å². The molecule has 1 aromatic rings. The third-order valence-electron chi connectivity index (χ3n) is 5.25. The summed E-state index contributed by atoms with van der Waals surface area (Å²) in [6.45, 7) is 6.74. The Morgan fingerprint density at radius 1 is 1.32 bits per heavy atom. The Morgan fingerprint density at radius 2 is 2.00 bits per heavy atom. The lowest BCUT2D eigenvalue weighted by Crippen LogP contribution is -2.49. The molecule has 2 fully saturated rings. The van der Waals surface area contributed by atoms with E-state index >= 15 is 0 Å². The number of likely N-dealkylation sites (tertiary alicyclic amines) is 1. The van der Waals surface area contributed by atoms with Gasteiger partial charge in [0.2, 0.25) is 5.91 Å². The molecule has 1 N–H and O–H groups in total. The van der Waals surface area contributed by atoms with Gasteiger partial charge in [-0.15, -0.1) is 0 Å². The van der Waals surface area contributed by atoms with Crippen molar-refractivity contribution in [2.24, 2.45) is 11.8 Å². The van der Waals surface area contributed by atoms with Gasteiger partial charge < -0.3 is 10.1 Å². The van der Waals surface area contributed by atoms with Crippen molar-refractivity contribution in [1.82, 2.24) is 20.2 Å². The van der Waals surface area contributed by atoms with Crippen LogP contribution in [0.5, 0.6) is 0 Å². The van der Waals surface area contributed by atoms with E-state index in [1.807, 2.05) is 12.4 Å². The number of fused-ring (bicyclic) bond motifs is 1. The Hall–Kier alpha value is -1.18. The molecule has 1 aromatic heterocycles. The summed E-state index contributed by atoms with van der Waals surface area (Å²) in [5.74, 6) is 2.29. The third kappa shape index (κ3) is 4.71. The van der Waals surface area contributed by atoms with E-state index in [0.717, 1.165) is 43.4 Å². The van der Waals surface area contributed by atoms with E-state index in [4.69, 9.17) is 4.74 Å². The molecular weight excluding hydrogens is 336 g/mol. The molecule has 7 heteroatoms. The summed E-state index contributed by atoms with van der Waals surface area (Å²) in [6.07, 6.45) is 6.04. The molecular formula is C18H28N4O2S. The highest BCUT2D eigenvalue weighted by atomic mass is 32.2. The summed E-state index contributed by atoms with van der Waals surface area (Å²) in [7, 11) is 1.75. The fraction of sp³-hybridized carbons (Fsp3) is 0.722. The maximum absolute atomic E-state index is 11.5. The largest absolute Gasteiger partial charge is 0.379 e. The zero-order valence-electron chi connectivity index (χ0n) is 15.3. The van der Waals surface area contributed by atoms with Gasteiger partial charge >= 0.3 is 0 Å². The Kier molecular flexibility index (Phi) is 6.30. The Morgan fingerprint density at radius 3 is 2.60 bits per heavy atom. The normalized spacial score (nSPS) is 29.4. The average Bonchev–Trinajstić information content (AvgIpc) is 2.96. The lowest BCUT2D eigenvalue weighted by atomic mass is 9.77. The molecule has 1 aliphatic heterocycles. The van der Waals surface area contributed by atoms with Crippen molar-refractivity contribution in [2.45, 2.75) is 50.5 Å². The summed E-state index contributed by atoms with van der Waals surface area (Å²) in [6, 6.07) is 0.136. The van der Waals surface area contributed by atoms with Crippen molar-refractivity contribution >= 4 is 17.7 Å². The molecule has 3 rings (SSSR count). The molecule has 6 nitrogen and oxygen atoms in total. The fourth-order valence-electron chi connectivity index (χ4n) is 4.20. The Bertz CT molecular complexity index is 583. The predicted octanol–water partition coefficient (Wildman–Crippen LogP) is 1.95. The van der Waals surface area contributed by atoms with E-state index in [1.54, 1.807) is 25.8 Å². The van der Waals surface area contributed by atoms with Gasteiger partial charge in [0, 0.05) is 51.6 Å². The number of aromatic nitrogens is 2. The summed E-state index contributed by atoms with van der Waals surface area (Å²) in [5.41, 5.74) is 1.17. The second kappa shape index (κ2) is 8.47. The molecule has 1 saturated carbocycles. The molecule has 0 radical (unpaired) electrons. The van der Waals surface area contributed by atoms with Crippen LogP contribution in [0.25, 0.3) is 0 Å². The molecule has 0 unspecified atom stereocenters. The standard InChI is InChI=1S/C18H28N4O2S/c1-4-25-18-19-7-13(8-20-18)9-22-10-14-5-16(21-12(2)23)17(24-3)6-15(14)11-22/h7-8,14-17H,4-6,9-11H2,1-3H3,(H,21,23)/t14-,15+,16-,17-/m1/s1. The number of carbonyl (C=O) groups excluding carboxylic acids is 1. The molecule has 0 spiro atoms. The minimum Gasteiger partial charge on any atom is -0.379 e. The molecule has 1 saturated heterocycles. The van der Waals surface area contributed by atoms with E-state index < -0.39 is 0 Å². The molecule has 2 aliphatic rings. The molecule has 0 bridgehead atoms. The smallest absolute Gasteiger partial charge is 0.217 e. The number of ether oxygens (including phenoxy) is 1. The molecule has 1 amide bonds. The van der Waals surface area contributed by atoms with E-state index in [9.17, 15) is 4.79 Å². The van der Waals surface area contributed by atoms with Gasteiger partial charge in [-0.1, -0.05) is 18.7 Å². The van der Waals surface area contributed by atoms with Crippen LogP contribution in [0.4, 0.5) is 0 Å². The van der Waals surface area contributed by atoms with Crippen molar-refractivity contribution in [2.75, 3.05) is 26.0 Å². The van der Waals surface area contributed by atoms with Crippen LogP contribution in [0, 0.1) is 11.8 Å². The van der Waals surface area contributed by atoms with Crippen LogP contribution in [0.1, 0.15) is 32.3 Å². The number of thioether (sulfide) groups is 1. The molecule has 25 heavy (non-hydrogen) atoms. The first-order valence-corrected chi connectivity index (χ1v) is 10.0. The van der Waals surface area contributed by atoms with E-state index in [-0.39, 0.29) is 18.1 Å². The van der Waals surface area contributed by atoms with Gasteiger partial charge in [0.15, 0.2) is 5.16 Å². The highest BCUT2D eigenvalue weighted by Gasteiger charge is 2.42. The first-order chi connectivity index (χ1) is 12.1. The number of nitrogens with zero attached hydrogens (tertiary/aromatic N) is 3. The highest BCUT2D eigenvalue weighted by molar-refractivity contribution is 7.99. The van der Waals surface area contributed by atoms with Gasteiger partial charge in [0.25, 0.3) is 0 Å². The minimum absolute atomic E-state index is 0.0301. The number of hydrogen-bond donors (Lipinski definition) is 1. The molecule has 2 heterocycles. The Labute approximate surface area is 154 Å². The summed E-state index contributed by atoms with van der Waals surface area (Å²) >= 11 is 1.67. The fourth-order valence-corrected chi connectivity index (χ4v) is 4.71. The van der Waals surface area contributed by atoms with Crippen LogP contribution in [-0.4, -0.2) is 58.9 Å². The SMILES string of the molecule is CCSc1ncc(CN2C[C@H]3C[C@@H](NC(C)=O)[C@H](OC)C[C@H]3C2)cn1. The first-order valence-electron chi connectivity index (χ1n) is 9.05. The average molecular weight is 365 g/mol. The number of carbonyl (C=O) groups is 1. The number of amides is 1. The van der Waals surface area contributed by atoms with Crippen molar-refractivity contribution < 1.29 is 9.53 Å². The van der Waals surface area contributed by atoms with Gasteiger partial charge in [0.1, 0.15) is 0 Å². The zero-order chi connectivity index (χ0) is 17.8. The van der Waals surface area contributed by atoms with Crippen LogP contribution < -0.4 is 5.32 Å². The number of rotatable bonds is 6. The third-order valence-corrected chi connectivity index (χ3v) is 6.00. The van der Waals surface area contributed by atoms with Gasteiger partial charge in [-0.3, -0.25) is 9.69 Å². The van der Waals surface area contributed by atoms with Gasteiger partial charge in [-0.05, 0) is 30.4 Å². The number of nitrogens with one attached hydrogen (secondary N) is 1. The second-order valence-electron chi connectivity index (χ2n) is 7.07. The summed E-state index contributed by atoms with van der Waals surface area (Å²) in [4.78, 5) is 22.8. The van der Waals surface area contributed by atoms with Gasteiger partial charge in [-0.25, -0.2) is 9.97 Å². The molecule has 4 atom stereocenters. The lowest BCUT2D eigenvalue weighted by molar-refractivity contribution is -0.121. The topological polar surface area (TPSA) is 67.4 Å². The number of hydrogen-bond acceptors (Lipinski definition) is 6. The molecule has 0 aromatic carbocycles. The monoisotopic (exact) mass is 364 g/mol. The van der Waals surface area contributed by atoms with Crippen molar-refractivity contribution in [3.05, 3.63) is 18.0 Å². The van der Waals surface area contributed by atoms with Crippen molar-refractivity contribution in [1.29, 1.82) is 0 Å². The quantitative estimate of drug-likeness (QED) is 0.615. The molecule has 138 valence electrons. The van der Waals surface area contributed by atoms with Crippen LogP contribution >= 0.6 is 11.8 Å². The lowest BCUT2D eigenvalue weighted by Gasteiger charge is -2.37. The van der Waals surface area contributed by atoms with E-state index in [2.05, 4.69) is 27.1 Å². The van der Waals surface area contributed by atoms with E-state index in [0.29, 0.717) is 11.8 Å². The van der Waals surface area contributed by atoms with Gasteiger partial charge in [0.05, 0.1) is 12.1 Å². The minimum atomic E-state index is 0.0301. The van der Waals surface area contributed by atoms with Crippen LogP contribution in [-0.2, 0) is 16.1 Å². The second-order valence-corrected chi connectivity index (χ2v) is 8.30. The van der Waals surface area contributed by atoms with Gasteiger partial charge in [-0.2, -0.15) is 0 Å². The Balaban J connectivity index is 1.58. The van der Waals surface area contributed by atoms with E-state index in [1.165, 1.54) is 5.56 Å².